The third-order valence-electron chi connectivity index (χ3n) is 1.86. The summed E-state index contributed by atoms with van der Waals surface area (Å²) in [7, 11) is 0. The highest BCUT2D eigenvalue weighted by Crippen LogP contribution is 2.04. The second kappa shape index (κ2) is 4.49. The average molecular weight is 157 g/mol. The fourth-order valence-corrected chi connectivity index (χ4v) is 1.16. The molecule has 0 aromatic heterocycles. The maximum atomic E-state index is 8.81. The topological polar surface area (TPSA) is 41.5 Å². The van der Waals surface area contributed by atoms with E-state index in [1.165, 1.54) is 0 Å². The molecular weight excluding hydrogens is 142 g/mol. The Balaban J connectivity index is 2.21. The van der Waals surface area contributed by atoms with Crippen molar-refractivity contribution in [2.75, 3.05) is 19.8 Å². The Bertz CT molecular complexity index is 121. The summed E-state index contributed by atoms with van der Waals surface area (Å²) in [6, 6.07) is 0.409. The van der Waals surface area contributed by atoms with Gasteiger partial charge in [-0.1, -0.05) is 6.08 Å². The molecule has 0 aliphatic carbocycles. The van der Waals surface area contributed by atoms with Gasteiger partial charge >= 0.3 is 0 Å². The van der Waals surface area contributed by atoms with Gasteiger partial charge in [0, 0.05) is 18.7 Å². The summed E-state index contributed by atoms with van der Waals surface area (Å²) in [5.74, 6) is 0. The zero-order valence-corrected chi connectivity index (χ0v) is 6.62. The number of aliphatic hydroxyl groups excluding tert-OH is 1. The van der Waals surface area contributed by atoms with Crippen LogP contribution in [0.3, 0.4) is 0 Å². The number of rotatable bonds is 4. The minimum Gasteiger partial charge on any atom is -0.394 e. The standard InChI is InChI=1S/C8H15NO2/c1-2-7(5-10)9-8-3-4-11-6-8/h2,7-10H,1,3-6H2. The summed E-state index contributed by atoms with van der Waals surface area (Å²) in [4.78, 5) is 0. The van der Waals surface area contributed by atoms with Crippen molar-refractivity contribution in [1.29, 1.82) is 0 Å². The Morgan fingerprint density at radius 3 is 3.09 bits per heavy atom. The molecule has 1 fully saturated rings. The Morgan fingerprint density at radius 1 is 1.82 bits per heavy atom. The molecule has 3 nitrogen and oxygen atoms in total. The van der Waals surface area contributed by atoms with Crippen molar-refractivity contribution >= 4 is 0 Å². The van der Waals surface area contributed by atoms with Crippen LogP contribution in [0.1, 0.15) is 6.42 Å². The van der Waals surface area contributed by atoms with Gasteiger partial charge in [-0.2, -0.15) is 0 Å². The Morgan fingerprint density at radius 2 is 2.64 bits per heavy atom. The molecule has 1 heterocycles. The van der Waals surface area contributed by atoms with Crippen molar-refractivity contribution in [2.24, 2.45) is 0 Å². The van der Waals surface area contributed by atoms with Crippen molar-refractivity contribution in [3.8, 4) is 0 Å². The first-order valence-electron chi connectivity index (χ1n) is 3.94. The quantitative estimate of drug-likeness (QED) is 0.560. The molecule has 3 heteroatoms. The second-order valence-electron chi connectivity index (χ2n) is 2.75. The Hall–Kier alpha value is -0.380. The molecule has 0 amide bonds. The molecule has 64 valence electrons. The van der Waals surface area contributed by atoms with E-state index in [1.807, 2.05) is 0 Å². The van der Waals surface area contributed by atoms with Crippen molar-refractivity contribution in [1.82, 2.24) is 5.32 Å². The van der Waals surface area contributed by atoms with E-state index < -0.39 is 0 Å². The minimum atomic E-state index is 0.0155. The molecule has 0 aromatic rings. The zero-order chi connectivity index (χ0) is 8.10. The summed E-state index contributed by atoms with van der Waals surface area (Å²) in [5.41, 5.74) is 0. The van der Waals surface area contributed by atoms with E-state index in [2.05, 4.69) is 11.9 Å². The van der Waals surface area contributed by atoms with Crippen LogP contribution in [-0.2, 0) is 4.74 Å². The molecule has 0 saturated carbocycles. The summed E-state index contributed by atoms with van der Waals surface area (Å²) in [6.07, 6.45) is 2.75. The first-order valence-corrected chi connectivity index (χ1v) is 3.94. The van der Waals surface area contributed by atoms with E-state index >= 15 is 0 Å². The average Bonchev–Trinajstić information content (AvgIpc) is 2.52. The van der Waals surface area contributed by atoms with Crippen LogP contribution in [0, 0.1) is 0 Å². The largest absolute Gasteiger partial charge is 0.394 e. The molecule has 1 rings (SSSR count). The lowest BCUT2D eigenvalue weighted by molar-refractivity contribution is 0.184. The molecule has 2 atom stereocenters. The monoisotopic (exact) mass is 157 g/mol. The van der Waals surface area contributed by atoms with Gasteiger partial charge in [0.15, 0.2) is 0 Å². The maximum Gasteiger partial charge on any atom is 0.0620 e. The molecule has 1 saturated heterocycles. The van der Waals surface area contributed by atoms with Gasteiger partial charge in [0.05, 0.1) is 13.2 Å². The fraction of sp³-hybridized carbons (Fsp3) is 0.750. The lowest BCUT2D eigenvalue weighted by atomic mass is 10.2. The van der Waals surface area contributed by atoms with Gasteiger partial charge in [0.2, 0.25) is 0 Å². The third-order valence-corrected chi connectivity index (χ3v) is 1.86. The third kappa shape index (κ3) is 2.61. The van der Waals surface area contributed by atoms with Crippen LogP contribution < -0.4 is 5.32 Å². The van der Waals surface area contributed by atoms with E-state index in [0.29, 0.717) is 6.04 Å². The van der Waals surface area contributed by atoms with Crippen molar-refractivity contribution < 1.29 is 9.84 Å². The minimum absolute atomic E-state index is 0.0155. The first-order chi connectivity index (χ1) is 5.36. The fourth-order valence-electron chi connectivity index (χ4n) is 1.16. The molecule has 1 aliphatic heterocycles. The van der Waals surface area contributed by atoms with Gasteiger partial charge in [0.1, 0.15) is 0 Å². The van der Waals surface area contributed by atoms with E-state index in [9.17, 15) is 0 Å². The molecule has 2 N–H and O–H groups in total. The van der Waals surface area contributed by atoms with E-state index in [0.717, 1.165) is 19.6 Å². The summed E-state index contributed by atoms with van der Waals surface area (Å²) in [6.45, 7) is 5.30. The molecular formula is C8H15NO2. The van der Waals surface area contributed by atoms with Crippen molar-refractivity contribution in [3.05, 3.63) is 12.7 Å². The van der Waals surface area contributed by atoms with Crippen LogP contribution in [0.25, 0.3) is 0 Å². The number of hydrogen-bond acceptors (Lipinski definition) is 3. The Kier molecular flexibility index (Phi) is 3.56. The molecule has 0 aromatic carbocycles. The van der Waals surface area contributed by atoms with Crippen molar-refractivity contribution in [3.63, 3.8) is 0 Å². The van der Waals surface area contributed by atoms with Crippen LogP contribution in [0.2, 0.25) is 0 Å². The van der Waals surface area contributed by atoms with Gasteiger partial charge in [-0.3, -0.25) is 0 Å². The predicted octanol–water partition coefficient (Wildman–Crippen LogP) is -0.0882. The highest BCUT2D eigenvalue weighted by Gasteiger charge is 2.17. The van der Waals surface area contributed by atoms with Gasteiger partial charge in [-0.25, -0.2) is 0 Å². The van der Waals surface area contributed by atoms with Crippen LogP contribution in [0.15, 0.2) is 12.7 Å². The highest BCUT2D eigenvalue weighted by molar-refractivity contribution is 4.88. The number of aliphatic hydroxyl groups is 1. The Labute approximate surface area is 67.1 Å². The van der Waals surface area contributed by atoms with Crippen LogP contribution in [0.4, 0.5) is 0 Å². The van der Waals surface area contributed by atoms with Crippen LogP contribution in [0.5, 0.6) is 0 Å². The van der Waals surface area contributed by atoms with Gasteiger partial charge < -0.3 is 15.2 Å². The smallest absolute Gasteiger partial charge is 0.0620 e. The first kappa shape index (κ1) is 8.71. The number of nitrogens with one attached hydrogen (secondary N) is 1. The summed E-state index contributed by atoms with van der Waals surface area (Å²) < 4.78 is 5.17. The maximum absolute atomic E-state index is 8.81. The summed E-state index contributed by atoms with van der Waals surface area (Å²) in [5, 5.41) is 12.0. The lowest BCUT2D eigenvalue weighted by Crippen LogP contribution is -2.39. The van der Waals surface area contributed by atoms with Gasteiger partial charge in [-0.05, 0) is 6.42 Å². The van der Waals surface area contributed by atoms with E-state index in [-0.39, 0.29) is 12.6 Å². The number of ether oxygens (including phenoxy) is 1. The predicted molar refractivity (Wildman–Crippen MR) is 43.4 cm³/mol. The summed E-state index contributed by atoms with van der Waals surface area (Å²) >= 11 is 0. The molecule has 1 aliphatic rings. The van der Waals surface area contributed by atoms with E-state index in [1.54, 1.807) is 6.08 Å². The van der Waals surface area contributed by atoms with Crippen LogP contribution >= 0.6 is 0 Å². The normalized spacial score (nSPS) is 26.8. The van der Waals surface area contributed by atoms with Crippen LogP contribution in [-0.4, -0.2) is 37.0 Å². The molecule has 0 radical (unpaired) electrons. The number of hydrogen-bond donors (Lipinski definition) is 2. The molecule has 0 spiro atoms. The highest BCUT2D eigenvalue weighted by atomic mass is 16.5. The van der Waals surface area contributed by atoms with Crippen molar-refractivity contribution in [2.45, 2.75) is 18.5 Å². The molecule has 0 bridgehead atoms. The molecule has 11 heavy (non-hydrogen) atoms. The zero-order valence-electron chi connectivity index (χ0n) is 6.62. The second-order valence-corrected chi connectivity index (χ2v) is 2.75. The lowest BCUT2D eigenvalue weighted by Gasteiger charge is -2.16. The van der Waals surface area contributed by atoms with Gasteiger partial charge in [0.25, 0.3) is 0 Å². The SMILES string of the molecule is C=CC(CO)NC1CCOC1. The van der Waals surface area contributed by atoms with E-state index in [4.69, 9.17) is 9.84 Å². The molecule has 2 unspecified atom stereocenters. The van der Waals surface area contributed by atoms with Gasteiger partial charge in [-0.15, -0.1) is 6.58 Å².